The van der Waals surface area contributed by atoms with Crippen LogP contribution in [0.25, 0.3) is 16.8 Å². The van der Waals surface area contributed by atoms with E-state index in [4.69, 9.17) is 19.9 Å². The van der Waals surface area contributed by atoms with Crippen LogP contribution < -0.4 is 15.2 Å². The van der Waals surface area contributed by atoms with Gasteiger partial charge in [-0.25, -0.2) is 5.01 Å². The zero-order valence-electron chi connectivity index (χ0n) is 17.6. The maximum absolute atomic E-state index is 6.58. The molecule has 0 aromatic heterocycles. The SMILES string of the molecule is COCCOc1ccc2c(N)c3c(cc2c1OC)CN(N1CCC(C)CC1)C=C3. The number of anilines is 1. The van der Waals surface area contributed by atoms with E-state index in [1.165, 1.54) is 18.4 Å². The number of hydrazine groups is 1. The maximum Gasteiger partial charge on any atom is 0.168 e. The van der Waals surface area contributed by atoms with E-state index in [-0.39, 0.29) is 0 Å². The summed E-state index contributed by atoms with van der Waals surface area (Å²) in [5.41, 5.74) is 9.69. The van der Waals surface area contributed by atoms with Gasteiger partial charge >= 0.3 is 0 Å². The van der Waals surface area contributed by atoms with Crippen LogP contribution in [0.5, 0.6) is 11.5 Å². The van der Waals surface area contributed by atoms with Crippen LogP contribution in [0.1, 0.15) is 30.9 Å². The number of nitrogens with zero attached hydrogens (tertiary/aromatic N) is 2. The van der Waals surface area contributed by atoms with E-state index < -0.39 is 0 Å². The number of nitrogen functional groups attached to an aromatic ring is 1. The minimum Gasteiger partial charge on any atom is -0.492 e. The first kappa shape index (κ1) is 19.9. The monoisotopic (exact) mass is 397 g/mol. The first-order valence-corrected chi connectivity index (χ1v) is 10.4. The minimum atomic E-state index is 0.475. The van der Waals surface area contributed by atoms with Crippen LogP contribution in [0, 0.1) is 5.92 Å². The lowest BCUT2D eigenvalue weighted by molar-refractivity contribution is -0.0140. The Morgan fingerprint density at radius 3 is 2.62 bits per heavy atom. The third kappa shape index (κ3) is 3.87. The average molecular weight is 398 g/mol. The van der Waals surface area contributed by atoms with E-state index in [1.54, 1.807) is 14.2 Å². The van der Waals surface area contributed by atoms with Crippen molar-refractivity contribution in [2.75, 3.05) is 46.3 Å². The highest BCUT2D eigenvalue weighted by Crippen LogP contribution is 2.41. The van der Waals surface area contributed by atoms with E-state index in [0.29, 0.717) is 19.0 Å². The zero-order chi connectivity index (χ0) is 20.4. The number of piperidine rings is 1. The van der Waals surface area contributed by atoms with Gasteiger partial charge < -0.3 is 25.0 Å². The van der Waals surface area contributed by atoms with E-state index in [1.807, 2.05) is 12.1 Å². The number of fused-ring (bicyclic) bond motifs is 2. The van der Waals surface area contributed by atoms with Crippen molar-refractivity contribution in [1.29, 1.82) is 0 Å². The largest absolute Gasteiger partial charge is 0.492 e. The lowest BCUT2D eigenvalue weighted by atomic mass is 9.95. The third-order valence-corrected chi connectivity index (χ3v) is 6.02. The molecule has 2 heterocycles. The quantitative estimate of drug-likeness (QED) is 0.589. The van der Waals surface area contributed by atoms with Crippen molar-refractivity contribution in [2.24, 2.45) is 5.92 Å². The van der Waals surface area contributed by atoms with Crippen molar-refractivity contribution in [3.63, 3.8) is 0 Å². The number of methoxy groups -OCH3 is 2. The summed E-state index contributed by atoms with van der Waals surface area (Å²) in [5.74, 6) is 2.25. The Morgan fingerprint density at radius 2 is 1.90 bits per heavy atom. The smallest absolute Gasteiger partial charge is 0.168 e. The molecule has 2 aliphatic heterocycles. The molecule has 1 saturated heterocycles. The molecule has 0 unspecified atom stereocenters. The molecule has 2 aromatic rings. The van der Waals surface area contributed by atoms with Gasteiger partial charge in [0.2, 0.25) is 0 Å². The highest BCUT2D eigenvalue weighted by molar-refractivity contribution is 6.02. The van der Waals surface area contributed by atoms with Gasteiger partial charge in [-0.2, -0.15) is 0 Å². The molecule has 4 rings (SSSR count). The number of ether oxygens (including phenoxy) is 3. The number of nitrogens with two attached hydrogens (primary N) is 1. The van der Waals surface area contributed by atoms with Crippen molar-refractivity contribution in [2.45, 2.75) is 26.3 Å². The predicted octanol–water partition coefficient (Wildman–Crippen LogP) is 3.89. The van der Waals surface area contributed by atoms with Gasteiger partial charge in [0, 0.05) is 48.4 Å². The van der Waals surface area contributed by atoms with Crippen molar-refractivity contribution >= 4 is 22.5 Å². The highest BCUT2D eigenvalue weighted by Gasteiger charge is 2.24. The molecular weight excluding hydrogens is 366 g/mol. The lowest BCUT2D eigenvalue weighted by Gasteiger charge is -2.40. The fourth-order valence-electron chi connectivity index (χ4n) is 4.25. The molecule has 2 aromatic carbocycles. The summed E-state index contributed by atoms with van der Waals surface area (Å²) in [4.78, 5) is 0. The summed E-state index contributed by atoms with van der Waals surface area (Å²) < 4.78 is 16.7. The molecule has 6 nitrogen and oxygen atoms in total. The Hall–Kier alpha value is -2.44. The average Bonchev–Trinajstić information content (AvgIpc) is 2.74. The molecule has 6 heteroatoms. The summed E-state index contributed by atoms with van der Waals surface area (Å²) in [6.07, 6.45) is 6.79. The summed E-state index contributed by atoms with van der Waals surface area (Å²) >= 11 is 0. The molecule has 0 spiro atoms. The van der Waals surface area contributed by atoms with E-state index >= 15 is 0 Å². The molecule has 29 heavy (non-hydrogen) atoms. The molecule has 0 radical (unpaired) electrons. The van der Waals surface area contributed by atoms with Gasteiger partial charge in [-0.3, -0.25) is 0 Å². The van der Waals surface area contributed by atoms with Gasteiger partial charge in [0.1, 0.15) is 6.61 Å². The third-order valence-electron chi connectivity index (χ3n) is 6.02. The standard InChI is InChI=1S/C23H31N3O3/c1-16-6-9-25(10-7-16)26-11-8-18-17(15-26)14-20-19(22(18)24)4-5-21(23(20)28-3)29-13-12-27-2/h4-5,8,11,14,16H,6-7,9-10,12-13,15,24H2,1-3H3. The molecule has 156 valence electrons. The Kier molecular flexibility index (Phi) is 5.83. The zero-order valence-corrected chi connectivity index (χ0v) is 17.6. The normalized spacial score (nSPS) is 17.6. The molecule has 0 saturated carbocycles. The number of hydrogen-bond donors (Lipinski definition) is 1. The number of benzene rings is 2. The van der Waals surface area contributed by atoms with Gasteiger partial charge in [0.15, 0.2) is 11.5 Å². The van der Waals surface area contributed by atoms with Crippen LogP contribution in [-0.2, 0) is 11.3 Å². The Labute approximate surface area is 172 Å². The second-order valence-electron chi connectivity index (χ2n) is 7.95. The second-order valence-corrected chi connectivity index (χ2v) is 7.95. The minimum absolute atomic E-state index is 0.475. The highest BCUT2D eigenvalue weighted by atomic mass is 16.5. The summed E-state index contributed by atoms with van der Waals surface area (Å²) in [5, 5.41) is 6.75. The van der Waals surface area contributed by atoms with E-state index in [0.717, 1.165) is 53.3 Å². The molecule has 2 N–H and O–H groups in total. The van der Waals surface area contributed by atoms with Gasteiger partial charge in [0.25, 0.3) is 0 Å². The predicted molar refractivity (Wildman–Crippen MR) is 117 cm³/mol. The molecule has 0 amide bonds. The van der Waals surface area contributed by atoms with Gasteiger partial charge in [-0.15, -0.1) is 0 Å². The first-order valence-electron chi connectivity index (χ1n) is 10.4. The Morgan fingerprint density at radius 1 is 1.10 bits per heavy atom. The summed E-state index contributed by atoms with van der Waals surface area (Å²) in [7, 11) is 3.34. The molecule has 0 atom stereocenters. The van der Waals surface area contributed by atoms with Crippen LogP contribution in [-0.4, -0.2) is 50.5 Å². The summed E-state index contributed by atoms with van der Waals surface area (Å²) in [6, 6.07) is 6.14. The van der Waals surface area contributed by atoms with Crippen LogP contribution in [0.4, 0.5) is 5.69 Å². The van der Waals surface area contributed by atoms with E-state index in [2.05, 4.69) is 35.3 Å². The van der Waals surface area contributed by atoms with Gasteiger partial charge in [-0.1, -0.05) is 6.92 Å². The van der Waals surface area contributed by atoms with Crippen LogP contribution >= 0.6 is 0 Å². The van der Waals surface area contributed by atoms with E-state index in [9.17, 15) is 0 Å². The van der Waals surface area contributed by atoms with Crippen molar-refractivity contribution < 1.29 is 14.2 Å². The first-order chi connectivity index (χ1) is 14.1. The second kappa shape index (κ2) is 8.51. The molecule has 0 aliphatic carbocycles. The Bertz CT molecular complexity index is 904. The van der Waals surface area contributed by atoms with Crippen LogP contribution in [0.2, 0.25) is 0 Å². The van der Waals surface area contributed by atoms with Gasteiger partial charge in [-0.05, 0) is 48.6 Å². The van der Waals surface area contributed by atoms with Gasteiger partial charge in [0.05, 0.1) is 20.3 Å². The molecule has 2 aliphatic rings. The molecule has 1 fully saturated rings. The van der Waals surface area contributed by atoms with Crippen molar-refractivity contribution in [3.05, 3.63) is 35.5 Å². The van der Waals surface area contributed by atoms with Crippen LogP contribution in [0.15, 0.2) is 24.4 Å². The van der Waals surface area contributed by atoms with Crippen molar-refractivity contribution in [3.8, 4) is 11.5 Å². The summed E-state index contributed by atoms with van der Waals surface area (Å²) in [6.45, 7) is 6.36. The molecular formula is C23H31N3O3. The lowest BCUT2D eigenvalue weighted by Crippen LogP contribution is -2.44. The van der Waals surface area contributed by atoms with Crippen molar-refractivity contribution in [1.82, 2.24) is 10.0 Å². The Balaban J connectivity index is 1.67. The number of hydrogen-bond acceptors (Lipinski definition) is 6. The fourth-order valence-corrected chi connectivity index (χ4v) is 4.25. The molecule has 0 bridgehead atoms. The maximum atomic E-state index is 6.58. The fraction of sp³-hybridized carbons (Fsp3) is 0.478. The number of rotatable bonds is 6. The topological polar surface area (TPSA) is 60.2 Å². The van der Waals surface area contributed by atoms with Crippen LogP contribution in [0.3, 0.4) is 0 Å².